The van der Waals surface area contributed by atoms with E-state index in [4.69, 9.17) is 9.47 Å². The number of nitrogens with zero attached hydrogens (tertiary/aromatic N) is 3. The predicted molar refractivity (Wildman–Crippen MR) is 89.7 cm³/mol. The molecule has 0 aliphatic carbocycles. The molecular weight excluding hydrogens is 310 g/mol. The first-order valence-corrected chi connectivity index (χ1v) is 7.97. The zero-order valence-corrected chi connectivity index (χ0v) is 14.5. The standard InChI is InChI=1S/C17H25N3O4/c1-18(2)9-10-23-17(22)20-11-15(12-20)19(3)16(21)24-13-14-7-5-4-6-8-14/h4-8,15H,9-13H2,1-3H3. The van der Waals surface area contributed by atoms with E-state index < -0.39 is 0 Å². The van der Waals surface area contributed by atoms with Gasteiger partial charge in [0.25, 0.3) is 0 Å². The number of carbonyl (C=O) groups is 2. The van der Waals surface area contributed by atoms with Crippen LogP contribution in [-0.2, 0) is 16.1 Å². The molecule has 0 radical (unpaired) electrons. The molecule has 1 aromatic carbocycles. The van der Waals surface area contributed by atoms with Crippen LogP contribution in [0.25, 0.3) is 0 Å². The largest absolute Gasteiger partial charge is 0.448 e. The first kappa shape index (κ1) is 18.1. The van der Waals surface area contributed by atoms with Gasteiger partial charge in [0.1, 0.15) is 13.2 Å². The van der Waals surface area contributed by atoms with Crippen LogP contribution >= 0.6 is 0 Å². The molecule has 0 saturated carbocycles. The van der Waals surface area contributed by atoms with Crippen molar-refractivity contribution >= 4 is 12.2 Å². The van der Waals surface area contributed by atoms with Gasteiger partial charge < -0.3 is 24.2 Å². The van der Waals surface area contributed by atoms with Gasteiger partial charge in [0.15, 0.2) is 0 Å². The Morgan fingerprint density at radius 2 is 1.79 bits per heavy atom. The Hall–Kier alpha value is -2.28. The van der Waals surface area contributed by atoms with Crippen LogP contribution in [0, 0.1) is 0 Å². The number of likely N-dealkylation sites (N-methyl/N-ethyl adjacent to an activating group) is 2. The van der Waals surface area contributed by atoms with Gasteiger partial charge in [-0.05, 0) is 19.7 Å². The Morgan fingerprint density at radius 1 is 1.12 bits per heavy atom. The number of benzene rings is 1. The van der Waals surface area contributed by atoms with E-state index in [2.05, 4.69) is 0 Å². The fourth-order valence-corrected chi connectivity index (χ4v) is 2.23. The molecule has 0 spiro atoms. The summed E-state index contributed by atoms with van der Waals surface area (Å²) in [6, 6.07) is 9.49. The minimum atomic E-state index is -0.385. The second kappa shape index (κ2) is 8.54. The number of carbonyl (C=O) groups excluding carboxylic acids is 2. The summed E-state index contributed by atoms with van der Waals surface area (Å²) >= 11 is 0. The van der Waals surface area contributed by atoms with E-state index in [0.717, 1.165) is 5.56 Å². The van der Waals surface area contributed by atoms with E-state index in [-0.39, 0.29) is 24.8 Å². The highest BCUT2D eigenvalue weighted by Crippen LogP contribution is 2.16. The lowest BCUT2D eigenvalue weighted by atomic mass is 10.1. The summed E-state index contributed by atoms with van der Waals surface area (Å²) in [5.74, 6) is 0. The summed E-state index contributed by atoms with van der Waals surface area (Å²) in [5, 5.41) is 0. The van der Waals surface area contributed by atoms with Gasteiger partial charge in [0, 0.05) is 26.7 Å². The van der Waals surface area contributed by atoms with Crippen LogP contribution < -0.4 is 0 Å². The van der Waals surface area contributed by atoms with Crippen LogP contribution in [-0.4, -0.2) is 80.3 Å². The molecular formula is C17H25N3O4. The van der Waals surface area contributed by atoms with E-state index in [1.807, 2.05) is 49.3 Å². The fraction of sp³-hybridized carbons (Fsp3) is 0.529. The molecule has 132 valence electrons. The number of amides is 2. The van der Waals surface area contributed by atoms with Crippen molar-refractivity contribution in [3.63, 3.8) is 0 Å². The van der Waals surface area contributed by atoms with Crippen molar-refractivity contribution in [1.82, 2.24) is 14.7 Å². The minimum Gasteiger partial charge on any atom is -0.448 e. The van der Waals surface area contributed by atoms with Crippen molar-refractivity contribution < 1.29 is 19.1 Å². The van der Waals surface area contributed by atoms with E-state index in [1.54, 1.807) is 11.9 Å². The van der Waals surface area contributed by atoms with E-state index >= 15 is 0 Å². The molecule has 24 heavy (non-hydrogen) atoms. The molecule has 0 unspecified atom stereocenters. The van der Waals surface area contributed by atoms with Crippen LogP contribution in [0.2, 0.25) is 0 Å². The van der Waals surface area contributed by atoms with Gasteiger partial charge in [0.2, 0.25) is 0 Å². The summed E-state index contributed by atoms with van der Waals surface area (Å²) in [5.41, 5.74) is 0.943. The van der Waals surface area contributed by atoms with Crippen LogP contribution in [0.5, 0.6) is 0 Å². The molecule has 7 heteroatoms. The molecule has 1 aliphatic heterocycles. The van der Waals surface area contributed by atoms with Crippen molar-refractivity contribution in [3.05, 3.63) is 35.9 Å². The minimum absolute atomic E-state index is 0.0327. The van der Waals surface area contributed by atoms with Gasteiger partial charge in [0.05, 0.1) is 6.04 Å². The second-order valence-electron chi connectivity index (χ2n) is 6.13. The highest BCUT2D eigenvalue weighted by Gasteiger charge is 2.36. The third-order valence-electron chi connectivity index (χ3n) is 3.93. The average molecular weight is 335 g/mol. The van der Waals surface area contributed by atoms with Crippen LogP contribution in [0.1, 0.15) is 5.56 Å². The lowest BCUT2D eigenvalue weighted by Gasteiger charge is -2.42. The van der Waals surface area contributed by atoms with E-state index in [0.29, 0.717) is 26.2 Å². The molecule has 0 N–H and O–H groups in total. The molecule has 0 bridgehead atoms. The van der Waals surface area contributed by atoms with Gasteiger partial charge in [-0.2, -0.15) is 0 Å². The van der Waals surface area contributed by atoms with Gasteiger partial charge >= 0.3 is 12.2 Å². The Morgan fingerprint density at radius 3 is 2.42 bits per heavy atom. The zero-order valence-electron chi connectivity index (χ0n) is 14.5. The zero-order chi connectivity index (χ0) is 17.5. The molecule has 1 saturated heterocycles. The lowest BCUT2D eigenvalue weighted by Crippen LogP contribution is -2.61. The van der Waals surface area contributed by atoms with E-state index in [1.165, 1.54) is 4.90 Å². The monoisotopic (exact) mass is 335 g/mol. The number of hydrogen-bond donors (Lipinski definition) is 0. The van der Waals surface area contributed by atoms with Gasteiger partial charge in [-0.25, -0.2) is 9.59 Å². The van der Waals surface area contributed by atoms with Crippen molar-refractivity contribution in [2.24, 2.45) is 0 Å². The highest BCUT2D eigenvalue weighted by atomic mass is 16.6. The Kier molecular flexibility index (Phi) is 6.43. The quantitative estimate of drug-likeness (QED) is 0.791. The summed E-state index contributed by atoms with van der Waals surface area (Å²) in [6.07, 6.45) is -0.719. The van der Waals surface area contributed by atoms with Crippen molar-refractivity contribution in [3.8, 4) is 0 Å². The topological polar surface area (TPSA) is 62.3 Å². The Labute approximate surface area is 142 Å². The summed E-state index contributed by atoms with van der Waals surface area (Å²) in [6.45, 7) is 2.24. The van der Waals surface area contributed by atoms with Gasteiger partial charge in [-0.15, -0.1) is 0 Å². The number of rotatable bonds is 6. The first-order chi connectivity index (χ1) is 11.5. The third-order valence-corrected chi connectivity index (χ3v) is 3.93. The average Bonchev–Trinajstić information content (AvgIpc) is 2.51. The molecule has 1 aromatic rings. The molecule has 2 amide bonds. The predicted octanol–water partition coefficient (Wildman–Crippen LogP) is 1.64. The van der Waals surface area contributed by atoms with Crippen molar-refractivity contribution in [1.29, 1.82) is 0 Å². The van der Waals surface area contributed by atoms with Gasteiger partial charge in [-0.1, -0.05) is 30.3 Å². The van der Waals surface area contributed by atoms with Crippen LogP contribution in [0.3, 0.4) is 0 Å². The van der Waals surface area contributed by atoms with Crippen LogP contribution in [0.4, 0.5) is 9.59 Å². The maximum atomic E-state index is 12.0. The molecule has 1 aliphatic rings. The summed E-state index contributed by atoms with van der Waals surface area (Å²) in [4.78, 5) is 28.9. The summed E-state index contributed by atoms with van der Waals surface area (Å²) < 4.78 is 10.4. The molecule has 2 rings (SSSR count). The van der Waals surface area contributed by atoms with Crippen LogP contribution in [0.15, 0.2) is 30.3 Å². The maximum absolute atomic E-state index is 12.0. The van der Waals surface area contributed by atoms with E-state index in [9.17, 15) is 9.59 Å². The summed E-state index contributed by atoms with van der Waals surface area (Å²) in [7, 11) is 5.53. The number of hydrogen-bond acceptors (Lipinski definition) is 5. The Bertz CT molecular complexity index is 544. The maximum Gasteiger partial charge on any atom is 0.410 e. The Balaban J connectivity index is 1.66. The fourth-order valence-electron chi connectivity index (χ4n) is 2.23. The third kappa shape index (κ3) is 5.13. The molecule has 0 aromatic heterocycles. The molecule has 1 heterocycles. The second-order valence-corrected chi connectivity index (χ2v) is 6.13. The van der Waals surface area contributed by atoms with Gasteiger partial charge in [-0.3, -0.25) is 0 Å². The number of ether oxygens (including phenoxy) is 2. The SMILES string of the molecule is CN(C)CCOC(=O)N1CC(N(C)C(=O)OCc2ccccc2)C1. The van der Waals surface area contributed by atoms with Crippen molar-refractivity contribution in [2.75, 3.05) is 47.4 Å². The smallest absolute Gasteiger partial charge is 0.410 e. The molecule has 7 nitrogen and oxygen atoms in total. The normalized spacial score (nSPS) is 14.2. The lowest BCUT2D eigenvalue weighted by molar-refractivity contribution is 0.0209. The molecule has 1 fully saturated rings. The number of likely N-dealkylation sites (tertiary alicyclic amines) is 1. The first-order valence-electron chi connectivity index (χ1n) is 7.97. The van der Waals surface area contributed by atoms with Crippen molar-refractivity contribution in [2.45, 2.75) is 12.6 Å². The highest BCUT2D eigenvalue weighted by molar-refractivity contribution is 5.71. The molecule has 0 atom stereocenters.